The smallest absolute Gasteiger partial charge is 0.0544 e. The van der Waals surface area contributed by atoms with Crippen molar-refractivity contribution in [3.05, 3.63) is 21.9 Å². The molecule has 2 heterocycles. The van der Waals surface area contributed by atoms with Crippen molar-refractivity contribution >= 4 is 23.1 Å². The van der Waals surface area contributed by atoms with Crippen molar-refractivity contribution in [2.45, 2.75) is 43.2 Å². The molecule has 2 N–H and O–H groups in total. The summed E-state index contributed by atoms with van der Waals surface area (Å²) in [5.74, 6) is 0. The summed E-state index contributed by atoms with van der Waals surface area (Å²) in [6, 6.07) is 2.40. The molecule has 2 atom stereocenters. The van der Waals surface area contributed by atoms with E-state index >= 15 is 0 Å². The third kappa shape index (κ3) is 3.47. The van der Waals surface area contributed by atoms with Gasteiger partial charge in [0, 0.05) is 29.4 Å². The predicted octanol–water partition coefficient (Wildman–Crippen LogP) is 3.36. The van der Waals surface area contributed by atoms with Crippen molar-refractivity contribution in [1.82, 2.24) is 0 Å². The highest BCUT2D eigenvalue weighted by atomic mass is 32.2. The lowest BCUT2D eigenvalue weighted by Crippen LogP contribution is -2.26. The van der Waals surface area contributed by atoms with Gasteiger partial charge in [0.2, 0.25) is 0 Å². The lowest BCUT2D eigenvalue weighted by molar-refractivity contribution is 0.0999. The molecule has 0 saturated carbocycles. The van der Waals surface area contributed by atoms with Gasteiger partial charge in [0.15, 0.2) is 0 Å². The van der Waals surface area contributed by atoms with E-state index in [9.17, 15) is 0 Å². The highest BCUT2D eigenvalue weighted by Gasteiger charge is 2.25. The van der Waals surface area contributed by atoms with E-state index < -0.39 is 0 Å². The van der Waals surface area contributed by atoms with Crippen LogP contribution in [0.25, 0.3) is 0 Å². The molecule has 2 unspecified atom stereocenters. The summed E-state index contributed by atoms with van der Waals surface area (Å²) < 4.78 is 5.41. The molecule has 17 heavy (non-hydrogen) atoms. The van der Waals surface area contributed by atoms with Gasteiger partial charge in [-0.15, -0.1) is 23.1 Å². The second-order valence-corrected chi connectivity index (χ2v) is 7.09. The first kappa shape index (κ1) is 13.4. The standard InChI is InChI=1S/C13H21NOS2/c1-9-5-8-16-12(9)13(10(2)14)17-11-3-6-15-7-4-11/h5,8,10-11,13H,3-4,6-7,14H2,1-2H3. The second kappa shape index (κ2) is 6.23. The van der Waals surface area contributed by atoms with Gasteiger partial charge in [-0.1, -0.05) is 0 Å². The topological polar surface area (TPSA) is 35.2 Å². The van der Waals surface area contributed by atoms with E-state index in [1.165, 1.54) is 10.4 Å². The fourth-order valence-corrected chi connectivity index (χ4v) is 4.91. The fraction of sp³-hybridized carbons (Fsp3) is 0.692. The van der Waals surface area contributed by atoms with Gasteiger partial charge in [-0.2, -0.15) is 0 Å². The summed E-state index contributed by atoms with van der Waals surface area (Å²) in [4.78, 5) is 1.46. The molecule has 0 bridgehead atoms. The number of aryl methyl sites for hydroxylation is 1. The number of thioether (sulfide) groups is 1. The lowest BCUT2D eigenvalue weighted by Gasteiger charge is -2.28. The summed E-state index contributed by atoms with van der Waals surface area (Å²) in [5.41, 5.74) is 7.55. The predicted molar refractivity (Wildman–Crippen MR) is 76.9 cm³/mol. The zero-order chi connectivity index (χ0) is 12.3. The van der Waals surface area contributed by atoms with Crippen LogP contribution in [0.1, 0.15) is 35.5 Å². The van der Waals surface area contributed by atoms with E-state index in [-0.39, 0.29) is 6.04 Å². The Balaban J connectivity index is 2.05. The Hall–Kier alpha value is -0.0300. The molecule has 1 aromatic heterocycles. The van der Waals surface area contributed by atoms with Gasteiger partial charge in [0.25, 0.3) is 0 Å². The molecular weight excluding hydrogens is 250 g/mol. The van der Waals surface area contributed by atoms with Crippen LogP contribution in [0.2, 0.25) is 0 Å². The second-order valence-electron chi connectivity index (χ2n) is 4.70. The molecule has 4 heteroatoms. The first-order valence-corrected chi connectivity index (χ1v) is 8.03. The molecule has 96 valence electrons. The summed E-state index contributed by atoms with van der Waals surface area (Å²) >= 11 is 3.89. The maximum absolute atomic E-state index is 6.17. The molecule has 0 aliphatic carbocycles. The minimum absolute atomic E-state index is 0.209. The Bertz CT molecular complexity index is 345. The number of hydrogen-bond acceptors (Lipinski definition) is 4. The molecule has 2 nitrogen and oxygen atoms in total. The number of rotatable bonds is 4. The van der Waals surface area contributed by atoms with Crippen LogP contribution in [0.4, 0.5) is 0 Å². The van der Waals surface area contributed by atoms with Gasteiger partial charge in [-0.25, -0.2) is 0 Å². The summed E-state index contributed by atoms with van der Waals surface area (Å²) in [6.45, 7) is 6.13. The molecule has 1 saturated heterocycles. The number of thiophene rings is 1. The Morgan fingerprint density at radius 2 is 2.18 bits per heavy atom. The minimum Gasteiger partial charge on any atom is -0.381 e. The van der Waals surface area contributed by atoms with Gasteiger partial charge in [0.1, 0.15) is 0 Å². The van der Waals surface area contributed by atoms with E-state index in [1.807, 2.05) is 11.3 Å². The third-order valence-electron chi connectivity index (χ3n) is 3.15. The van der Waals surface area contributed by atoms with Crippen molar-refractivity contribution in [3.8, 4) is 0 Å². The fourth-order valence-electron chi connectivity index (χ4n) is 2.12. The molecule has 0 spiro atoms. The van der Waals surface area contributed by atoms with Gasteiger partial charge in [0.05, 0.1) is 5.25 Å². The van der Waals surface area contributed by atoms with E-state index in [1.54, 1.807) is 0 Å². The maximum atomic E-state index is 6.17. The minimum atomic E-state index is 0.209. The zero-order valence-corrected chi connectivity index (χ0v) is 12.2. The quantitative estimate of drug-likeness (QED) is 0.912. The first-order chi connectivity index (χ1) is 8.18. The average Bonchev–Trinajstić information content (AvgIpc) is 2.73. The molecule has 1 fully saturated rings. The highest BCUT2D eigenvalue weighted by Crippen LogP contribution is 2.41. The van der Waals surface area contributed by atoms with Crippen LogP contribution in [-0.4, -0.2) is 24.5 Å². The van der Waals surface area contributed by atoms with Crippen LogP contribution in [0.5, 0.6) is 0 Å². The molecule has 1 aromatic rings. The first-order valence-electron chi connectivity index (χ1n) is 6.21. The molecule has 0 amide bonds. The van der Waals surface area contributed by atoms with E-state index in [4.69, 9.17) is 10.5 Å². The number of ether oxygens (including phenoxy) is 1. The van der Waals surface area contributed by atoms with Gasteiger partial charge < -0.3 is 10.5 Å². The van der Waals surface area contributed by atoms with Crippen LogP contribution in [0.3, 0.4) is 0 Å². The van der Waals surface area contributed by atoms with Gasteiger partial charge >= 0.3 is 0 Å². The third-order valence-corrected chi connectivity index (χ3v) is 6.21. The average molecular weight is 271 g/mol. The van der Waals surface area contributed by atoms with E-state index in [0.29, 0.717) is 10.5 Å². The Morgan fingerprint density at radius 1 is 1.47 bits per heavy atom. The molecule has 2 rings (SSSR count). The van der Waals surface area contributed by atoms with Crippen LogP contribution in [0.15, 0.2) is 11.4 Å². The molecular formula is C13H21NOS2. The van der Waals surface area contributed by atoms with Gasteiger partial charge in [-0.3, -0.25) is 0 Å². The normalized spacial score (nSPS) is 21.4. The Kier molecular flexibility index (Phi) is 4.91. The highest BCUT2D eigenvalue weighted by molar-refractivity contribution is 8.00. The van der Waals surface area contributed by atoms with Gasteiger partial charge in [-0.05, 0) is 43.7 Å². The molecule has 1 aliphatic heterocycles. The van der Waals surface area contributed by atoms with Crippen molar-refractivity contribution < 1.29 is 4.74 Å². The zero-order valence-electron chi connectivity index (χ0n) is 10.5. The lowest BCUT2D eigenvalue weighted by atomic mass is 10.1. The van der Waals surface area contributed by atoms with Crippen molar-refractivity contribution in [3.63, 3.8) is 0 Å². The van der Waals surface area contributed by atoms with Crippen molar-refractivity contribution in [2.24, 2.45) is 5.73 Å². The van der Waals surface area contributed by atoms with Crippen molar-refractivity contribution in [2.75, 3.05) is 13.2 Å². The maximum Gasteiger partial charge on any atom is 0.0544 e. The van der Waals surface area contributed by atoms with Crippen LogP contribution in [-0.2, 0) is 4.74 Å². The molecule has 0 radical (unpaired) electrons. The van der Waals surface area contributed by atoms with Crippen LogP contribution in [0, 0.1) is 6.92 Å². The monoisotopic (exact) mass is 271 g/mol. The van der Waals surface area contributed by atoms with Crippen molar-refractivity contribution in [1.29, 1.82) is 0 Å². The Morgan fingerprint density at radius 3 is 2.71 bits per heavy atom. The van der Waals surface area contributed by atoms with Crippen LogP contribution < -0.4 is 5.73 Å². The number of nitrogens with two attached hydrogens (primary N) is 1. The SMILES string of the molecule is Cc1ccsc1C(SC1CCOCC1)C(C)N. The Labute approximate surface area is 112 Å². The molecule has 0 aromatic carbocycles. The van der Waals surface area contributed by atoms with Crippen LogP contribution >= 0.6 is 23.1 Å². The molecule has 1 aliphatic rings. The van der Waals surface area contributed by atoms with E-state index in [2.05, 4.69) is 37.1 Å². The van der Waals surface area contributed by atoms with E-state index in [0.717, 1.165) is 26.1 Å². The number of hydrogen-bond donors (Lipinski definition) is 1. The summed E-state index contributed by atoms with van der Waals surface area (Å²) in [7, 11) is 0. The summed E-state index contributed by atoms with van der Waals surface area (Å²) in [6.07, 6.45) is 2.33. The summed E-state index contributed by atoms with van der Waals surface area (Å²) in [5, 5.41) is 3.32. The largest absolute Gasteiger partial charge is 0.381 e.